The first-order valence-electron chi connectivity index (χ1n) is 2.76. The van der Waals surface area contributed by atoms with Gasteiger partial charge in [0.25, 0.3) is 0 Å². The molecule has 0 aromatic heterocycles. The van der Waals surface area contributed by atoms with E-state index < -0.39 is 0 Å². The summed E-state index contributed by atoms with van der Waals surface area (Å²) >= 11 is 0. The van der Waals surface area contributed by atoms with Crippen molar-refractivity contribution in [1.29, 1.82) is 0 Å². The summed E-state index contributed by atoms with van der Waals surface area (Å²) in [6.07, 6.45) is 7.49. The molecule has 0 rings (SSSR count). The molecule has 0 aliphatic rings. The van der Waals surface area contributed by atoms with Crippen LogP contribution in [0.25, 0.3) is 0 Å². The Morgan fingerprint density at radius 2 is 2.22 bits per heavy atom. The third-order valence-corrected chi connectivity index (χ3v) is 0.786. The number of hydrogen-bond donors (Lipinski definition) is 2. The number of nitrogens with two attached hydrogens (primary N) is 1. The van der Waals surface area contributed by atoms with Crippen molar-refractivity contribution < 1.29 is 0 Å². The van der Waals surface area contributed by atoms with Crippen LogP contribution in [0.15, 0.2) is 36.6 Å². The quantitative estimate of drug-likeness (QED) is 0.336. The molecule has 0 aliphatic carbocycles. The second-order valence-corrected chi connectivity index (χ2v) is 1.55. The van der Waals surface area contributed by atoms with Gasteiger partial charge < -0.3 is 5.43 Å². The van der Waals surface area contributed by atoms with Gasteiger partial charge in [-0.3, -0.25) is 5.84 Å². The highest BCUT2D eigenvalue weighted by molar-refractivity contribution is 5.16. The van der Waals surface area contributed by atoms with Gasteiger partial charge in [0.2, 0.25) is 0 Å². The molecule has 0 spiro atoms. The van der Waals surface area contributed by atoms with Crippen LogP contribution in [0.4, 0.5) is 0 Å². The number of allylic oxidation sites excluding steroid dienone is 4. The Morgan fingerprint density at radius 1 is 1.56 bits per heavy atom. The Kier molecular flexibility index (Phi) is 4.54. The van der Waals surface area contributed by atoms with Gasteiger partial charge >= 0.3 is 0 Å². The molecule has 0 aliphatic heterocycles. The maximum absolute atomic E-state index is 5.03. The van der Waals surface area contributed by atoms with Gasteiger partial charge in [0.15, 0.2) is 0 Å². The van der Waals surface area contributed by atoms with E-state index in [1.165, 1.54) is 0 Å². The second kappa shape index (κ2) is 5.12. The van der Waals surface area contributed by atoms with Gasteiger partial charge in [-0.2, -0.15) is 0 Å². The molecule has 2 nitrogen and oxygen atoms in total. The molecule has 0 aromatic carbocycles. The largest absolute Gasteiger partial charge is 0.325 e. The van der Waals surface area contributed by atoms with Crippen molar-refractivity contribution in [2.24, 2.45) is 5.84 Å². The van der Waals surface area contributed by atoms with Crippen LogP contribution < -0.4 is 11.3 Å². The SMILES string of the molecule is C=C(/C=C\C=C/C)NN. The summed E-state index contributed by atoms with van der Waals surface area (Å²) in [6.45, 7) is 5.54. The van der Waals surface area contributed by atoms with E-state index in [9.17, 15) is 0 Å². The number of nitrogens with one attached hydrogen (secondary N) is 1. The highest BCUT2D eigenvalue weighted by atomic mass is 15.2. The first-order chi connectivity index (χ1) is 4.31. The Morgan fingerprint density at radius 3 is 2.67 bits per heavy atom. The molecule has 0 saturated carbocycles. The third-order valence-electron chi connectivity index (χ3n) is 0.786. The zero-order chi connectivity index (χ0) is 7.11. The van der Waals surface area contributed by atoms with Crippen molar-refractivity contribution in [2.45, 2.75) is 6.92 Å². The normalized spacial score (nSPS) is 10.9. The molecular formula is C7H12N2. The van der Waals surface area contributed by atoms with Crippen LogP contribution in [0.5, 0.6) is 0 Å². The van der Waals surface area contributed by atoms with E-state index >= 15 is 0 Å². The lowest BCUT2D eigenvalue weighted by molar-refractivity contribution is 0.922. The van der Waals surface area contributed by atoms with Gasteiger partial charge in [0, 0.05) is 5.70 Å². The molecule has 0 bridgehead atoms. The molecule has 2 heteroatoms. The number of rotatable bonds is 3. The van der Waals surface area contributed by atoms with Crippen molar-refractivity contribution in [3.63, 3.8) is 0 Å². The lowest BCUT2D eigenvalue weighted by Gasteiger charge is -1.92. The predicted octanol–water partition coefficient (Wildman–Crippen LogP) is 1.10. The summed E-state index contributed by atoms with van der Waals surface area (Å²) in [5, 5.41) is 0. The summed E-state index contributed by atoms with van der Waals surface area (Å²) < 4.78 is 0. The lowest BCUT2D eigenvalue weighted by atomic mass is 10.4. The minimum Gasteiger partial charge on any atom is -0.325 e. The van der Waals surface area contributed by atoms with Gasteiger partial charge in [-0.1, -0.05) is 24.8 Å². The van der Waals surface area contributed by atoms with E-state index in [1.807, 2.05) is 25.2 Å². The van der Waals surface area contributed by atoms with Crippen LogP contribution in [0.3, 0.4) is 0 Å². The van der Waals surface area contributed by atoms with Crippen LogP contribution >= 0.6 is 0 Å². The van der Waals surface area contributed by atoms with Gasteiger partial charge in [-0.25, -0.2) is 0 Å². The number of hydrazine groups is 1. The molecule has 0 aromatic rings. The van der Waals surface area contributed by atoms with Crippen molar-refractivity contribution >= 4 is 0 Å². The monoisotopic (exact) mass is 124 g/mol. The zero-order valence-electron chi connectivity index (χ0n) is 5.59. The first kappa shape index (κ1) is 7.98. The second-order valence-electron chi connectivity index (χ2n) is 1.55. The van der Waals surface area contributed by atoms with E-state index in [-0.39, 0.29) is 0 Å². The minimum absolute atomic E-state index is 0.702. The fourth-order valence-electron chi connectivity index (χ4n) is 0.331. The molecule has 0 atom stereocenters. The van der Waals surface area contributed by atoms with Crippen LogP contribution in [-0.2, 0) is 0 Å². The standard InChI is InChI=1S/C7H12N2/c1-3-4-5-6-7(2)9-8/h3-6,9H,2,8H2,1H3/b4-3-,6-5-. The molecule has 0 unspecified atom stereocenters. The van der Waals surface area contributed by atoms with E-state index in [0.29, 0.717) is 5.70 Å². The molecule has 0 radical (unpaired) electrons. The smallest absolute Gasteiger partial charge is 0.0413 e. The average molecular weight is 124 g/mol. The number of hydrogen-bond acceptors (Lipinski definition) is 2. The van der Waals surface area contributed by atoms with Crippen molar-refractivity contribution in [3.05, 3.63) is 36.6 Å². The maximum Gasteiger partial charge on any atom is 0.0413 e. The minimum atomic E-state index is 0.702. The van der Waals surface area contributed by atoms with Gasteiger partial charge in [0.1, 0.15) is 0 Å². The highest BCUT2D eigenvalue weighted by Crippen LogP contribution is 1.83. The summed E-state index contributed by atoms with van der Waals surface area (Å²) in [4.78, 5) is 0. The van der Waals surface area contributed by atoms with Gasteiger partial charge in [-0.15, -0.1) is 0 Å². The Hall–Kier alpha value is -1.02. The average Bonchev–Trinajstić information content (AvgIpc) is 1.89. The summed E-state index contributed by atoms with van der Waals surface area (Å²) in [5.41, 5.74) is 3.11. The first-order valence-corrected chi connectivity index (χ1v) is 2.76. The van der Waals surface area contributed by atoms with Crippen molar-refractivity contribution in [1.82, 2.24) is 5.43 Å². The van der Waals surface area contributed by atoms with Crippen LogP contribution in [0.1, 0.15) is 6.92 Å². The van der Waals surface area contributed by atoms with E-state index in [1.54, 1.807) is 6.08 Å². The summed E-state index contributed by atoms with van der Waals surface area (Å²) in [6, 6.07) is 0. The maximum atomic E-state index is 5.03. The van der Waals surface area contributed by atoms with Crippen molar-refractivity contribution in [3.8, 4) is 0 Å². The molecule has 50 valence electrons. The summed E-state index contributed by atoms with van der Waals surface area (Å²) in [5.74, 6) is 5.03. The Labute approximate surface area is 55.7 Å². The fourth-order valence-corrected chi connectivity index (χ4v) is 0.331. The van der Waals surface area contributed by atoms with Gasteiger partial charge in [0.05, 0.1) is 0 Å². The van der Waals surface area contributed by atoms with E-state index in [4.69, 9.17) is 5.84 Å². The van der Waals surface area contributed by atoms with Crippen molar-refractivity contribution in [2.75, 3.05) is 0 Å². The van der Waals surface area contributed by atoms with Crippen LogP contribution in [0.2, 0.25) is 0 Å². The Balaban J connectivity index is 3.57. The zero-order valence-corrected chi connectivity index (χ0v) is 5.59. The summed E-state index contributed by atoms with van der Waals surface area (Å²) in [7, 11) is 0. The Bertz CT molecular complexity index is 134. The van der Waals surface area contributed by atoms with E-state index in [2.05, 4.69) is 12.0 Å². The molecule has 0 saturated heterocycles. The third kappa shape index (κ3) is 4.84. The van der Waals surface area contributed by atoms with Crippen LogP contribution in [-0.4, -0.2) is 0 Å². The molecule has 0 amide bonds. The molecule has 3 N–H and O–H groups in total. The molecule has 0 fully saturated rings. The molecule has 9 heavy (non-hydrogen) atoms. The molecule has 0 heterocycles. The topological polar surface area (TPSA) is 38.0 Å². The predicted molar refractivity (Wildman–Crippen MR) is 40.4 cm³/mol. The van der Waals surface area contributed by atoms with Gasteiger partial charge in [-0.05, 0) is 13.0 Å². The van der Waals surface area contributed by atoms with Crippen LogP contribution in [0, 0.1) is 0 Å². The highest BCUT2D eigenvalue weighted by Gasteiger charge is 1.73. The van der Waals surface area contributed by atoms with E-state index in [0.717, 1.165) is 0 Å². The molecular weight excluding hydrogens is 112 g/mol. The fraction of sp³-hybridized carbons (Fsp3) is 0.143. The lowest BCUT2D eigenvalue weighted by Crippen LogP contribution is -2.18.